The maximum atomic E-state index is 12.1. The molecule has 1 aromatic carbocycles. The highest BCUT2D eigenvalue weighted by Gasteiger charge is 2.24. The molecule has 1 N–H and O–H groups in total. The molecule has 146 valence electrons. The largest absolute Gasteiger partial charge is 0.539 e. The number of aromatic nitrogens is 3. The molecule has 0 atom stereocenters. The van der Waals surface area contributed by atoms with E-state index in [-0.39, 0.29) is 17.3 Å². The molecule has 29 heavy (non-hydrogen) atoms. The standard InChI is InChI=1S/C17H12N6O5S/c1-10-2-4-11(5-3-10)22-15(16(24)28-21-22)13-9-29-17(19-13)20-18-8-12-6-7-14(27-12)23(25)26/h2-9H,1H3,(H-,19,20,21,24)/b18-8+. The highest BCUT2D eigenvalue weighted by molar-refractivity contribution is 7.14. The highest BCUT2D eigenvalue weighted by Crippen LogP contribution is 2.28. The lowest BCUT2D eigenvalue weighted by molar-refractivity contribution is -0.660. The number of hydrazone groups is 1. The van der Waals surface area contributed by atoms with Crippen LogP contribution in [0.2, 0.25) is 0 Å². The van der Waals surface area contributed by atoms with Crippen LogP contribution in [0.3, 0.4) is 0 Å². The minimum Gasteiger partial charge on any atom is -0.539 e. The summed E-state index contributed by atoms with van der Waals surface area (Å²) in [7, 11) is 0. The number of anilines is 1. The molecule has 0 aliphatic rings. The Hall–Kier alpha value is -4.06. The molecule has 4 aromatic rings. The molecule has 12 heteroatoms. The predicted octanol–water partition coefficient (Wildman–Crippen LogP) is 2.40. The Kier molecular flexibility index (Phi) is 4.75. The van der Waals surface area contributed by atoms with Crippen LogP contribution in [-0.4, -0.2) is 21.4 Å². The summed E-state index contributed by atoms with van der Waals surface area (Å²) in [5, 5.41) is 32.5. The smallest absolute Gasteiger partial charge is 0.433 e. The van der Waals surface area contributed by atoms with Crippen molar-refractivity contribution in [3.63, 3.8) is 0 Å². The summed E-state index contributed by atoms with van der Waals surface area (Å²) in [5.74, 6) is -0.785. The van der Waals surface area contributed by atoms with Crippen molar-refractivity contribution in [2.75, 3.05) is 5.43 Å². The number of aryl methyl sites for hydroxylation is 1. The van der Waals surface area contributed by atoms with E-state index in [9.17, 15) is 15.2 Å². The van der Waals surface area contributed by atoms with Gasteiger partial charge in [-0.2, -0.15) is 5.10 Å². The van der Waals surface area contributed by atoms with Gasteiger partial charge in [-0.05, 0) is 17.7 Å². The number of thiazole rings is 1. The highest BCUT2D eigenvalue weighted by atomic mass is 32.1. The fourth-order valence-corrected chi connectivity index (χ4v) is 3.06. The fourth-order valence-electron chi connectivity index (χ4n) is 2.42. The van der Waals surface area contributed by atoms with Crippen LogP contribution in [0.25, 0.3) is 17.1 Å². The van der Waals surface area contributed by atoms with E-state index >= 15 is 0 Å². The van der Waals surface area contributed by atoms with E-state index in [2.05, 4.69) is 20.8 Å². The quantitative estimate of drug-likeness (QED) is 0.220. The molecule has 0 fully saturated rings. The van der Waals surface area contributed by atoms with Crippen molar-refractivity contribution >= 4 is 28.6 Å². The molecule has 0 bridgehead atoms. The number of hydrogen-bond acceptors (Lipinski definition) is 10. The zero-order chi connectivity index (χ0) is 20.4. The van der Waals surface area contributed by atoms with Gasteiger partial charge >= 0.3 is 5.88 Å². The zero-order valence-electron chi connectivity index (χ0n) is 14.8. The first-order valence-electron chi connectivity index (χ1n) is 8.16. The van der Waals surface area contributed by atoms with Gasteiger partial charge in [-0.15, -0.1) is 11.3 Å². The minimum absolute atomic E-state index is 0.184. The van der Waals surface area contributed by atoms with Crippen LogP contribution in [0.4, 0.5) is 11.0 Å². The van der Waals surface area contributed by atoms with Crippen molar-refractivity contribution in [2.45, 2.75) is 6.92 Å². The second kappa shape index (κ2) is 7.52. The Morgan fingerprint density at radius 1 is 1.28 bits per heavy atom. The van der Waals surface area contributed by atoms with Gasteiger partial charge in [0, 0.05) is 17.5 Å². The zero-order valence-corrected chi connectivity index (χ0v) is 15.6. The number of nitro groups is 1. The van der Waals surface area contributed by atoms with Crippen LogP contribution < -0.4 is 15.2 Å². The first kappa shape index (κ1) is 18.3. The van der Waals surface area contributed by atoms with E-state index in [0.717, 1.165) is 5.56 Å². The summed E-state index contributed by atoms with van der Waals surface area (Å²) in [4.78, 5) is 14.3. The predicted molar refractivity (Wildman–Crippen MR) is 99.9 cm³/mol. The first-order chi connectivity index (χ1) is 14.0. The molecule has 3 heterocycles. The molecule has 0 unspecified atom stereocenters. The number of benzene rings is 1. The van der Waals surface area contributed by atoms with Gasteiger partial charge in [-0.1, -0.05) is 17.7 Å². The van der Waals surface area contributed by atoms with Crippen LogP contribution in [0.1, 0.15) is 11.3 Å². The van der Waals surface area contributed by atoms with E-state index in [0.29, 0.717) is 16.5 Å². The molecular formula is C17H12N6O5S. The first-order valence-corrected chi connectivity index (χ1v) is 9.04. The van der Waals surface area contributed by atoms with Crippen molar-refractivity contribution in [3.8, 4) is 23.0 Å². The van der Waals surface area contributed by atoms with Crippen molar-refractivity contribution < 1.29 is 23.7 Å². The van der Waals surface area contributed by atoms with Gasteiger partial charge in [0.2, 0.25) is 10.8 Å². The van der Waals surface area contributed by atoms with Crippen LogP contribution in [-0.2, 0) is 0 Å². The van der Waals surface area contributed by atoms with Crippen LogP contribution in [0, 0.1) is 17.0 Å². The van der Waals surface area contributed by atoms with E-state index in [1.54, 1.807) is 5.38 Å². The molecular weight excluding hydrogens is 400 g/mol. The SMILES string of the molecule is Cc1ccc(-[n+]2noc([O-])c2-c2csc(N/N=C/c3ccc([N+](=O)[O-])o3)n2)cc1. The van der Waals surface area contributed by atoms with Gasteiger partial charge in [-0.25, -0.2) is 4.98 Å². The van der Waals surface area contributed by atoms with Gasteiger partial charge in [0.25, 0.3) is 5.69 Å². The number of furan rings is 1. The molecule has 0 saturated carbocycles. The van der Waals surface area contributed by atoms with Gasteiger partial charge in [0.15, 0.2) is 17.4 Å². The number of rotatable bonds is 6. The maximum Gasteiger partial charge on any atom is 0.433 e. The molecule has 0 saturated heterocycles. The topological polar surface area (TPSA) is 147 Å². The molecule has 4 rings (SSSR count). The minimum atomic E-state index is -0.638. The Balaban J connectivity index is 1.53. The Morgan fingerprint density at radius 2 is 2.07 bits per heavy atom. The summed E-state index contributed by atoms with van der Waals surface area (Å²) in [5.41, 5.74) is 4.97. The summed E-state index contributed by atoms with van der Waals surface area (Å²) in [6.45, 7) is 1.96. The van der Waals surface area contributed by atoms with Gasteiger partial charge in [0.05, 0.1) is 17.6 Å². The summed E-state index contributed by atoms with van der Waals surface area (Å²) >= 11 is 1.21. The van der Waals surface area contributed by atoms with Gasteiger partial charge in [-0.3, -0.25) is 15.5 Å². The second-order valence-electron chi connectivity index (χ2n) is 5.80. The maximum absolute atomic E-state index is 12.1. The van der Waals surface area contributed by atoms with Crippen molar-refractivity contribution in [3.05, 3.63) is 63.2 Å². The monoisotopic (exact) mass is 412 g/mol. The van der Waals surface area contributed by atoms with Crippen molar-refractivity contribution in [2.24, 2.45) is 5.10 Å². The molecule has 0 aliphatic heterocycles. The van der Waals surface area contributed by atoms with Crippen molar-refractivity contribution in [1.82, 2.24) is 10.3 Å². The molecule has 0 aliphatic carbocycles. The van der Waals surface area contributed by atoms with Gasteiger partial charge in [0.1, 0.15) is 4.92 Å². The van der Waals surface area contributed by atoms with E-state index < -0.39 is 10.9 Å². The van der Waals surface area contributed by atoms with E-state index in [1.165, 1.54) is 34.4 Å². The summed E-state index contributed by atoms with van der Waals surface area (Å²) in [6, 6.07) is 10.1. The molecule has 0 spiro atoms. The van der Waals surface area contributed by atoms with Crippen LogP contribution in [0.5, 0.6) is 5.95 Å². The lowest BCUT2D eigenvalue weighted by atomic mass is 10.2. The molecule has 0 radical (unpaired) electrons. The Morgan fingerprint density at radius 3 is 2.79 bits per heavy atom. The lowest BCUT2D eigenvalue weighted by Gasteiger charge is -1.96. The van der Waals surface area contributed by atoms with Crippen molar-refractivity contribution in [1.29, 1.82) is 0 Å². The van der Waals surface area contributed by atoms with E-state index in [1.807, 2.05) is 31.2 Å². The summed E-state index contributed by atoms with van der Waals surface area (Å²) in [6.07, 6.45) is 1.28. The Bertz CT molecular complexity index is 1190. The molecule has 3 aromatic heterocycles. The van der Waals surface area contributed by atoms with Crippen LogP contribution in [0.15, 0.2) is 55.8 Å². The third-order valence-electron chi connectivity index (χ3n) is 3.78. The molecule has 11 nitrogen and oxygen atoms in total. The van der Waals surface area contributed by atoms with Crippen LogP contribution >= 0.6 is 11.3 Å². The average molecular weight is 412 g/mol. The third-order valence-corrected chi connectivity index (χ3v) is 4.53. The fraction of sp³-hybridized carbons (Fsp3) is 0.0588. The Labute approximate surface area is 166 Å². The average Bonchev–Trinajstić information content (AvgIpc) is 3.42. The second-order valence-corrected chi connectivity index (χ2v) is 6.66. The molecule has 0 amide bonds. The number of nitrogens with zero attached hydrogens (tertiary/aromatic N) is 5. The lowest BCUT2D eigenvalue weighted by Crippen LogP contribution is -2.34. The van der Waals surface area contributed by atoms with E-state index in [4.69, 9.17) is 8.94 Å². The number of hydrogen-bond donors (Lipinski definition) is 1. The normalized spacial score (nSPS) is 11.2. The summed E-state index contributed by atoms with van der Waals surface area (Å²) < 4.78 is 11.2. The third kappa shape index (κ3) is 3.82. The number of nitrogens with one attached hydrogen (secondary N) is 1. The van der Waals surface area contributed by atoms with Gasteiger partial charge < -0.3 is 14.0 Å².